The number of amidine groups is 1. The van der Waals surface area contributed by atoms with Gasteiger partial charge >= 0.3 is 0 Å². The molecule has 1 heterocycles. The van der Waals surface area contributed by atoms with Crippen LogP contribution >= 0.6 is 0 Å². The van der Waals surface area contributed by atoms with Gasteiger partial charge in [0.05, 0.1) is 0 Å². The molecule has 1 aliphatic heterocycles. The van der Waals surface area contributed by atoms with Crippen molar-refractivity contribution in [1.29, 1.82) is 0 Å². The van der Waals surface area contributed by atoms with E-state index in [1.165, 1.54) is 5.01 Å². The molecule has 0 saturated carbocycles. The molecule has 0 amide bonds. The topological polar surface area (TPSA) is 71.0 Å². The van der Waals surface area contributed by atoms with Crippen molar-refractivity contribution >= 4 is 17.8 Å². The molecular weight excluding hydrogens is 204 g/mol. The summed E-state index contributed by atoms with van der Waals surface area (Å²) in [5, 5.41) is 9.27. The molecule has 1 aromatic rings. The van der Waals surface area contributed by atoms with Crippen molar-refractivity contribution in [3.63, 3.8) is 0 Å². The number of nitrogens with two attached hydrogens (primary N) is 1. The highest BCUT2D eigenvalue weighted by Gasteiger charge is 2.26. The summed E-state index contributed by atoms with van der Waals surface area (Å²) in [6.07, 6.45) is 0.768. The lowest BCUT2D eigenvalue weighted by Gasteiger charge is -2.27. The highest BCUT2D eigenvalue weighted by Crippen LogP contribution is 2.11. The zero-order valence-electron chi connectivity index (χ0n) is 8.87. The Kier molecular flexibility index (Phi) is 2.78. The van der Waals surface area contributed by atoms with Crippen LogP contribution in [-0.2, 0) is 4.79 Å². The maximum Gasteiger partial charge on any atom is 0.150 e. The molecular formula is C11H12N4O. The van der Waals surface area contributed by atoms with Crippen molar-refractivity contribution in [3.05, 3.63) is 35.9 Å². The standard InChI is InChI=1S/C11H12N4O/c1-8-13-14-11(10(7-16)15(8)12)9-5-3-2-4-6-9/h2-7,10H,12H2,1H3. The Labute approximate surface area is 93.2 Å². The second-order valence-electron chi connectivity index (χ2n) is 3.49. The minimum absolute atomic E-state index is 0.525. The van der Waals surface area contributed by atoms with Crippen LogP contribution in [0.2, 0.25) is 0 Å². The molecule has 0 saturated heterocycles. The van der Waals surface area contributed by atoms with Crippen LogP contribution in [0.3, 0.4) is 0 Å². The van der Waals surface area contributed by atoms with Gasteiger partial charge in [-0.1, -0.05) is 30.3 Å². The Morgan fingerprint density at radius 1 is 1.31 bits per heavy atom. The van der Waals surface area contributed by atoms with Gasteiger partial charge in [0, 0.05) is 5.56 Å². The van der Waals surface area contributed by atoms with Crippen LogP contribution < -0.4 is 5.84 Å². The molecule has 0 radical (unpaired) electrons. The lowest BCUT2D eigenvalue weighted by molar-refractivity contribution is -0.109. The van der Waals surface area contributed by atoms with Gasteiger partial charge in [0.1, 0.15) is 23.9 Å². The number of hydrogen-bond donors (Lipinski definition) is 1. The Balaban J connectivity index is 2.44. The van der Waals surface area contributed by atoms with E-state index < -0.39 is 6.04 Å². The molecule has 0 fully saturated rings. The molecule has 1 aliphatic rings. The Morgan fingerprint density at radius 2 is 2.00 bits per heavy atom. The van der Waals surface area contributed by atoms with Crippen LogP contribution in [-0.4, -0.2) is 28.9 Å². The number of aldehydes is 1. The van der Waals surface area contributed by atoms with Gasteiger partial charge in [-0.05, 0) is 6.92 Å². The molecule has 0 bridgehead atoms. The number of nitrogens with zero attached hydrogens (tertiary/aromatic N) is 3. The predicted octanol–water partition coefficient (Wildman–Crippen LogP) is 0.566. The van der Waals surface area contributed by atoms with E-state index in [1.54, 1.807) is 6.92 Å². The Bertz CT molecular complexity index is 452. The molecule has 0 aliphatic carbocycles. The molecule has 5 heteroatoms. The van der Waals surface area contributed by atoms with Crippen LogP contribution in [0.4, 0.5) is 0 Å². The van der Waals surface area contributed by atoms with Crippen molar-refractivity contribution in [2.45, 2.75) is 13.0 Å². The second-order valence-corrected chi connectivity index (χ2v) is 3.49. The summed E-state index contributed by atoms with van der Waals surface area (Å²) in [7, 11) is 0. The molecule has 5 nitrogen and oxygen atoms in total. The first-order valence-corrected chi connectivity index (χ1v) is 4.91. The summed E-state index contributed by atoms with van der Waals surface area (Å²) in [6, 6.07) is 8.84. The average molecular weight is 216 g/mol. The van der Waals surface area contributed by atoms with Gasteiger partial charge < -0.3 is 4.79 Å². The van der Waals surface area contributed by atoms with E-state index in [2.05, 4.69) is 10.2 Å². The minimum atomic E-state index is -0.570. The Hall–Kier alpha value is -2.01. The van der Waals surface area contributed by atoms with E-state index in [4.69, 9.17) is 5.84 Å². The fourth-order valence-electron chi connectivity index (χ4n) is 1.54. The smallest absolute Gasteiger partial charge is 0.150 e. The van der Waals surface area contributed by atoms with E-state index >= 15 is 0 Å². The summed E-state index contributed by atoms with van der Waals surface area (Å²) in [5.41, 5.74) is 1.43. The lowest BCUT2D eigenvalue weighted by atomic mass is 10.0. The number of benzene rings is 1. The third-order valence-electron chi connectivity index (χ3n) is 2.45. The van der Waals surface area contributed by atoms with Gasteiger partial charge in [-0.25, -0.2) is 5.84 Å². The van der Waals surface area contributed by atoms with Crippen LogP contribution in [0, 0.1) is 0 Å². The average Bonchev–Trinajstić information content (AvgIpc) is 2.33. The molecule has 0 spiro atoms. The maximum absolute atomic E-state index is 11.0. The van der Waals surface area contributed by atoms with Crippen molar-refractivity contribution in [2.75, 3.05) is 0 Å². The first-order chi connectivity index (χ1) is 7.74. The number of rotatable bonds is 2. The van der Waals surface area contributed by atoms with E-state index in [0.717, 1.165) is 11.8 Å². The van der Waals surface area contributed by atoms with Crippen molar-refractivity contribution in [2.24, 2.45) is 16.0 Å². The maximum atomic E-state index is 11.0. The summed E-state index contributed by atoms with van der Waals surface area (Å²) in [4.78, 5) is 11.0. The third kappa shape index (κ3) is 1.72. The van der Waals surface area contributed by atoms with Crippen LogP contribution in [0.25, 0.3) is 0 Å². The Morgan fingerprint density at radius 3 is 2.62 bits per heavy atom. The number of hydrazine groups is 1. The highest BCUT2D eigenvalue weighted by molar-refractivity contribution is 6.14. The van der Waals surface area contributed by atoms with Crippen LogP contribution in [0.15, 0.2) is 40.5 Å². The highest BCUT2D eigenvalue weighted by atomic mass is 16.1. The molecule has 1 aromatic carbocycles. The molecule has 2 N–H and O–H groups in total. The van der Waals surface area contributed by atoms with E-state index in [9.17, 15) is 4.79 Å². The minimum Gasteiger partial charge on any atom is -0.301 e. The van der Waals surface area contributed by atoms with E-state index in [1.807, 2.05) is 30.3 Å². The van der Waals surface area contributed by atoms with Crippen LogP contribution in [0.5, 0.6) is 0 Å². The quantitative estimate of drug-likeness (QED) is 0.580. The van der Waals surface area contributed by atoms with Crippen molar-refractivity contribution in [3.8, 4) is 0 Å². The number of carbonyl (C=O) groups is 1. The summed E-state index contributed by atoms with van der Waals surface area (Å²) in [5.74, 6) is 6.28. The van der Waals surface area contributed by atoms with Crippen molar-refractivity contribution in [1.82, 2.24) is 5.01 Å². The SMILES string of the molecule is CC1=NN=C(c2ccccc2)C(C=O)N1N. The summed E-state index contributed by atoms with van der Waals surface area (Å²) >= 11 is 0. The monoisotopic (exact) mass is 216 g/mol. The van der Waals surface area contributed by atoms with Crippen molar-refractivity contribution < 1.29 is 4.79 Å². The fourth-order valence-corrected chi connectivity index (χ4v) is 1.54. The van der Waals surface area contributed by atoms with Gasteiger partial charge in [0.15, 0.2) is 0 Å². The summed E-state index contributed by atoms with van der Waals surface area (Å²) in [6.45, 7) is 1.71. The molecule has 1 unspecified atom stereocenters. The summed E-state index contributed by atoms with van der Waals surface area (Å²) < 4.78 is 0. The number of carbonyl (C=O) groups excluding carboxylic acids is 1. The third-order valence-corrected chi connectivity index (χ3v) is 2.45. The normalized spacial score (nSPS) is 20.1. The zero-order chi connectivity index (χ0) is 11.5. The first kappa shape index (κ1) is 10.5. The van der Waals surface area contributed by atoms with Gasteiger partial charge in [0.25, 0.3) is 0 Å². The second kappa shape index (κ2) is 4.24. The van der Waals surface area contributed by atoms with E-state index in [-0.39, 0.29) is 0 Å². The van der Waals surface area contributed by atoms with Gasteiger partial charge in [-0.15, -0.1) is 5.10 Å². The lowest BCUT2D eigenvalue weighted by Crippen LogP contribution is -2.51. The first-order valence-electron chi connectivity index (χ1n) is 4.91. The van der Waals surface area contributed by atoms with E-state index in [0.29, 0.717) is 11.5 Å². The molecule has 2 rings (SSSR count). The predicted molar refractivity (Wildman–Crippen MR) is 62.0 cm³/mol. The van der Waals surface area contributed by atoms with Crippen LogP contribution in [0.1, 0.15) is 12.5 Å². The number of hydrogen-bond acceptors (Lipinski definition) is 5. The fraction of sp³-hybridized carbons (Fsp3) is 0.182. The molecule has 1 atom stereocenters. The van der Waals surface area contributed by atoms with Gasteiger partial charge in [-0.2, -0.15) is 5.10 Å². The molecule has 82 valence electrons. The molecule has 0 aromatic heterocycles. The molecule has 16 heavy (non-hydrogen) atoms. The zero-order valence-corrected chi connectivity index (χ0v) is 8.87. The van der Waals surface area contributed by atoms with Gasteiger partial charge in [-0.3, -0.25) is 5.01 Å². The largest absolute Gasteiger partial charge is 0.301 e. The van der Waals surface area contributed by atoms with Gasteiger partial charge in [0.2, 0.25) is 0 Å².